The first-order valence-electron chi connectivity index (χ1n) is 5.59. The number of aromatic hydroxyl groups is 1. The molecule has 5 nitrogen and oxygen atoms in total. The Morgan fingerprint density at radius 1 is 1.56 bits per heavy atom. The van der Waals surface area contributed by atoms with Gasteiger partial charge in [0, 0.05) is 12.6 Å². The standard InChI is InChI=1S/C12H14ClN3O2/c1-7(14-2)6-16-11(18)9-5-8(17)3-4-10(9)15-12(16)13/h3-5,7,14,17H,6H2,1-2H3. The van der Waals surface area contributed by atoms with Gasteiger partial charge in [-0.25, -0.2) is 4.98 Å². The maximum absolute atomic E-state index is 12.3. The van der Waals surface area contributed by atoms with Gasteiger partial charge in [-0.2, -0.15) is 0 Å². The minimum atomic E-state index is -0.247. The molecule has 1 aromatic carbocycles. The Labute approximate surface area is 109 Å². The smallest absolute Gasteiger partial charge is 0.262 e. The van der Waals surface area contributed by atoms with Gasteiger partial charge >= 0.3 is 0 Å². The molecule has 1 atom stereocenters. The Hall–Kier alpha value is -1.59. The van der Waals surface area contributed by atoms with E-state index in [1.54, 1.807) is 6.07 Å². The van der Waals surface area contributed by atoms with E-state index in [4.69, 9.17) is 11.6 Å². The summed E-state index contributed by atoms with van der Waals surface area (Å²) in [6.45, 7) is 2.36. The topological polar surface area (TPSA) is 67.2 Å². The van der Waals surface area contributed by atoms with Crippen LogP contribution in [0.4, 0.5) is 0 Å². The maximum atomic E-state index is 12.3. The van der Waals surface area contributed by atoms with Gasteiger partial charge in [0.05, 0.1) is 10.9 Å². The van der Waals surface area contributed by atoms with Gasteiger partial charge in [0.1, 0.15) is 5.75 Å². The van der Waals surface area contributed by atoms with Gasteiger partial charge in [0.2, 0.25) is 5.28 Å². The maximum Gasteiger partial charge on any atom is 0.262 e. The average molecular weight is 268 g/mol. The van der Waals surface area contributed by atoms with Gasteiger partial charge in [0.25, 0.3) is 5.56 Å². The average Bonchev–Trinajstić information content (AvgIpc) is 2.35. The van der Waals surface area contributed by atoms with Crippen LogP contribution < -0.4 is 10.9 Å². The van der Waals surface area contributed by atoms with E-state index in [2.05, 4.69) is 10.3 Å². The summed E-state index contributed by atoms with van der Waals surface area (Å²) in [4.78, 5) is 16.4. The fourth-order valence-corrected chi connectivity index (χ4v) is 1.94. The molecular weight excluding hydrogens is 254 g/mol. The second kappa shape index (κ2) is 4.96. The van der Waals surface area contributed by atoms with Crippen molar-refractivity contribution < 1.29 is 5.11 Å². The number of fused-ring (bicyclic) bond motifs is 1. The summed E-state index contributed by atoms with van der Waals surface area (Å²) in [5, 5.41) is 13.0. The van der Waals surface area contributed by atoms with Crippen LogP contribution in [-0.2, 0) is 6.54 Å². The third-order valence-corrected chi connectivity index (χ3v) is 3.13. The number of likely N-dealkylation sites (N-methyl/N-ethyl adjacent to an activating group) is 1. The number of aromatic nitrogens is 2. The number of halogens is 1. The van der Waals surface area contributed by atoms with Crippen molar-refractivity contribution in [3.63, 3.8) is 0 Å². The predicted molar refractivity (Wildman–Crippen MR) is 71.2 cm³/mol. The summed E-state index contributed by atoms with van der Waals surface area (Å²) < 4.78 is 1.39. The zero-order valence-electron chi connectivity index (χ0n) is 10.1. The molecule has 96 valence electrons. The van der Waals surface area contributed by atoms with E-state index >= 15 is 0 Å². The lowest BCUT2D eigenvalue weighted by molar-refractivity contribution is 0.475. The molecule has 0 aliphatic heterocycles. The van der Waals surface area contributed by atoms with Crippen molar-refractivity contribution >= 4 is 22.5 Å². The molecule has 0 radical (unpaired) electrons. The lowest BCUT2D eigenvalue weighted by atomic mass is 10.2. The fourth-order valence-electron chi connectivity index (χ4n) is 1.71. The van der Waals surface area contributed by atoms with Crippen LogP contribution >= 0.6 is 11.6 Å². The molecule has 0 aliphatic carbocycles. The normalized spacial score (nSPS) is 12.8. The molecule has 2 N–H and O–H groups in total. The SMILES string of the molecule is CNC(C)Cn1c(Cl)nc2ccc(O)cc2c1=O. The van der Waals surface area contributed by atoms with Crippen molar-refractivity contribution in [1.29, 1.82) is 0 Å². The van der Waals surface area contributed by atoms with E-state index in [1.165, 1.54) is 16.7 Å². The van der Waals surface area contributed by atoms with Crippen LogP contribution in [0.2, 0.25) is 5.28 Å². The Morgan fingerprint density at radius 3 is 2.94 bits per heavy atom. The van der Waals surface area contributed by atoms with E-state index in [-0.39, 0.29) is 22.6 Å². The summed E-state index contributed by atoms with van der Waals surface area (Å²) >= 11 is 6.01. The molecule has 1 heterocycles. The van der Waals surface area contributed by atoms with Gasteiger partial charge in [0.15, 0.2) is 0 Å². The van der Waals surface area contributed by atoms with Crippen LogP contribution in [0.25, 0.3) is 10.9 Å². The van der Waals surface area contributed by atoms with Crippen molar-refractivity contribution in [2.45, 2.75) is 19.5 Å². The molecule has 2 rings (SSSR count). The monoisotopic (exact) mass is 267 g/mol. The number of rotatable bonds is 3. The van der Waals surface area contributed by atoms with Crippen LogP contribution in [0.5, 0.6) is 5.75 Å². The van der Waals surface area contributed by atoms with Gasteiger partial charge in [-0.05, 0) is 43.8 Å². The van der Waals surface area contributed by atoms with Crippen molar-refractivity contribution in [3.8, 4) is 5.75 Å². The van der Waals surface area contributed by atoms with E-state index in [1.807, 2.05) is 14.0 Å². The first kappa shape index (κ1) is 12.9. The highest BCUT2D eigenvalue weighted by Crippen LogP contribution is 2.17. The number of nitrogens with one attached hydrogen (secondary N) is 1. The first-order chi connectivity index (χ1) is 8.52. The molecule has 1 unspecified atom stereocenters. The highest BCUT2D eigenvalue weighted by Gasteiger charge is 2.11. The van der Waals surface area contributed by atoms with Crippen molar-refractivity contribution in [1.82, 2.24) is 14.9 Å². The van der Waals surface area contributed by atoms with E-state index in [9.17, 15) is 9.90 Å². The number of benzene rings is 1. The number of nitrogens with zero attached hydrogens (tertiary/aromatic N) is 2. The number of phenolic OH excluding ortho intramolecular Hbond substituents is 1. The van der Waals surface area contributed by atoms with Gasteiger partial charge < -0.3 is 10.4 Å². The van der Waals surface area contributed by atoms with E-state index in [0.29, 0.717) is 17.4 Å². The number of phenols is 1. The van der Waals surface area contributed by atoms with E-state index in [0.717, 1.165) is 0 Å². The van der Waals surface area contributed by atoms with Crippen LogP contribution in [0.15, 0.2) is 23.0 Å². The largest absolute Gasteiger partial charge is 0.508 e. The highest BCUT2D eigenvalue weighted by atomic mass is 35.5. The molecule has 6 heteroatoms. The molecule has 0 spiro atoms. The Bertz CT molecular complexity index is 639. The fraction of sp³-hybridized carbons (Fsp3) is 0.333. The van der Waals surface area contributed by atoms with Crippen LogP contribution in [0, 0.1) is 0 Å². The minimum absolute atomic E-state index is 0.0388. The molecule has 0 fully saturated rings. The van der Waals surface area contributed by atoms with Crippen molar-refractivity contribution in [2.75, 3.05) is 7.05 Å². The molecular formula is C12H14ClN3O2. The lowest BCUT2D eigenvalue weighted by Gasteiger charge is -2.14. The summed E-state index contributed by atoms with van der Waals surface area (Å²) in [7, 11) is 1.81. The molecule has 2 aromatic rings. The molecule has 1 aromatic heterocycles. The van der Waals surface area contributed by atoms with Crippen LogP contribution in [0.1, 0.15) is 6.92 Å². The summed E-state index contributed by atoms with van der Waals surface area (Å²) in [6.07, 6.45) is 0. The summed E-state index contributed by atoms with van der Waals surface area (Å²) in [5.41, 5.74) is 0.235. The molecule has 0 saturated heterocycles. The van der Waals surface area contributed by atoms with Crippen molar-refractivity contribution in [3.05, 3.63) is 33.8 Å². The quantitative estimate of drug-likeness (QED) is 0.824. The molecule has 0 amide bonds. The second-order valence-electron chi connectivity index (χ2n) is 4.19. The molecule has 0 bridgehead atoms. The van der Waals surface area contributed by atoms with Gasteiger partial charge in [-0.3, -0.25) is 9.36 Å². The zero-order chi connectivity index (χ0) is 13.3. The first-order valence-corrected chi connectivity index (χ1v) is 5.97. The summed E-state index contributed by atoms with van der Waals surface area (Å²) in [5.74, 6) is 0.0388. The zero-order valence-corrected chi connectivity index (χ0v) is 10.9. The lowest BCUT2D eigenvalue weighted by Crippen LogP contribution is -2.33. The number of hydrogen-bond acceptors (Lipinski definition) is 4. The minimum Gasteiger partial charge on any atom is -0.508 e. The van der Waals surface area contributed by atoms with Crippen LogP contribution in [0.3, 0.4) is 0 Å². The molecule has 0 aliphatic rings. The Kier molecular flexibility index (Phi) is 3.54. The van der Waals surface area contributed by atoms with Crippen LogP contribution in [-0.4, -0.2) is 27.7 Å². The molecule has 18 heavy (non-hydrogen) atoms. The Morgan fingerprint density at radius 2 is 2.28 bits per heavy atom. The predicted octanol–water partition coefficient (Wildman–Crippen LogP) is 1.36. The Balaban J connectivity index is 2.63. The second-order valence-corrected chi connectivity index (χ2v) is 4.53. The number of hydrogen-bond donors (Lipinski definition) is 2. The summed E-state index contributed by atoms with van der Waals surface area (Å²) in [6, 6.07) is 4.55. The highest BCUT2D eigenvalue weighted by molar-refractivity contribution is 6.28. The third kappa shape index (κ3) is 2.32. The van der Waals surface area contributed by atoms with Crippen molar-refractivity contribution in [2.24, 2.45) is 0 Å². The molecule has 0 saturated carbocycles. The van der Waals surface area contributed by atoms with E-state index < -0.39 is 0 Å². The van der Waals surface area contributed by atoms with Gasteiger partial charge in [-0.15, -0.1) is 0 Å². The van der Waals surface area contributed by atoms with Gasteiger partial charge in [-0.1, -0.05) is 0 Å². The third-order valence-electron chi connectivity index (χ3n) is 2.84.